The van der Waals surface area contributed by atoms with E-state index in [4.69, 9.17) is 0 Å². The Morgan fingerprint density at radius 2 is 1.79 bits per heavy atom. The number of rotatable bonds is 9. The van der Waals surface area contributed by atoms with E-state index in [0.29, 0.717) is 11.7 Å². The molecule has 2 nitrogen and oxygen atoms in total. The molecule has 0 aliphatic rings. The molecule has 0 aliphatic carbocycles. The van der Waals surface area contributed by atoms with Gasteiger partial charge < -0.3 is 10.2 Å². The van der Waals surface area contributed by atoms with Crippen molar-refractivity contribution in [2.75, 3.05) is 25.0 Å². The molecular weight excluding hydrogens is 239 g/mol. The molecule has 0 fully saturated rings. The lowest BCUT2D eigenvalue weighted by Gasteiger charge is -2.19. The van der Waals surface area contributed by atoms with Crippen LogP contribution in [0.5, 0.6) is 0 Å². The number of unbranched alkanes of at least 4 members (excludes halogenated alkanes) is 3. The molecule has 1 aromatic carbocycles. The number of para-hydroxylation sites is 1. The lowest BCUT2D eigenvalue weighted by atomic mass is 10.1. The number of benzene rings is 1. The minimum atomic E-state index is -0.133. The van der Waals surface area contributed by atoms with E-state index in [2.05, 4.69) is 19.2 Å². The smallest absolute Gasteiger partial charge is 0.146 e. The maximum absolute atomic E-state index is 13.5. The SMILES string of the molecule is CC(C)NCCCCCCN(C)c1ccccc1F. The van der Waals surface area contributed by atoms with Crippen LogP contribution in [0.1, 0.15) is 39.5 Å². The summed E-state index contributed by atoms with van der Waals surface area (Å²) in [5.74, 6) is -0.133. The van der Waals surface area contributed by atoms with Gasteiger partial charge in [0.05, 0.1) is 5.69 Å². The molecule has 0 aromatic heterocycles. The topological polar surface area (TPSA) is 15.3 Å². The number of halogens is 1. The molecule has 1 rings (SSSR count). The Balaban J connectivity index is 2.11. The van der Waals surface area contributed by atoms with Crippen molar-refractivity contribution in [2.24, 2.45) is 0 Å². The van der Waals surface area contributed by atoms with E-state index in [-0.39, 0.29) is 5.82 Å². The van der Waals surface area contributed by atoms with Gasteiger partial charge in [-0.2, -0.15) is 0 Å². The van der Waals surface area contributed by atoms with Crippen molar-refractivity contribution in [1.29, 1.82) is 0 Å². The van der Waals surface area contributed by atoms with Gasteiger partial charge in [-0.1, -0.05) is 38.8 Å². The maximum atomic E-state index is 13.5. The summed E-state index contributed by atoms with van der Waals surface area (Å²) in [6.45, 7) is 6.35. The lowest BCUT2D eigenvalue weighted by molar-refractivity contribution is 0.541. The molecule has 108 valence electrons. The lowest BCUT2D eigenvalue weighted by Crippen LogP contribution is -2.23. The van der Waals surface area contributed by atoms with Crippen molar-refractivity contribution in [3.05, 3.63) is 30.1 Å². The van der Waals surface area contributed by atoms with Crippen molar-refractivity contribution in [3.63, 3.8) is 0 Å². The highest BCUT2D eigenvalue weighted by Gasteiger charge is 2.05. The molecule has 0 atom stereocenters. The maximum Gasteiger partial charge on any atom is 0.146 e. The van der Waals surface area contributed by atoms with Crippen LogP contribution in [-0.4, -0.2) is 26.2 Å². The third-order valence-corrected chi connectivity index (χ3v) is 3.24. The zero-order valence-electron chi connectivity index (χ0n) is 12.5. The van der Waals surface area contributed by atoms with E-state index in [0.717, 1.165) is 19.5 Å². The van der Waals surface area contributed by atoms with Gasteiger partial charge in [0.1, 0.15) is 5.82 Å². The Bertz CT molecular complexity index is 352. The van der Waals surface area contributed by atoms with Gasteiger partial charge in [0.15, 0.2) is 0 Å². The van der Waals surface area contributed by atoms with E-state index in [1.54, 1.807) is 6.07 Å². The molecule has 0 spiro atoms. The number of nitrogens with zero attached hydrogens (tertiary/aromatic N) is 1. The van der Waals surface area contributed by atoms with Crippen LogP contribution in [0.3, 0.4) is 0 Å². The van der Waals surface area contributed by atoms with Crippen LogP contribution >= 0.6 is 0 Å². The quantitative estimate of drug-likeness (QED) is 0.684. The van der Waals surface area contributed by atoms with Crippen LogP contribution in [0.2, 0.25) is 0 Å². The fraction of sp³-hybridized carbons (Fsp3) is 0.625. The first-order valence-corrected chi connectivity index (χ1v) is 7.30. The fourth-order valence-corrected chi connectivity index (χ4v) is 2.10. The van der Waals surface area contributed by atoms with Crippen LogP contribution in [0.25, 0.3) is 0 Å². The van der Waals surface area contributed by atoms with E-state index in [1.807, 2.05) is 24.1 Å². The first kappa shape index (κ1) is 16.0. The third-order valence-electron chi connectivity index (χ3n) is 3.24. The molecule has 1 N–H and O–H groups in total. The molecule has 0 heterocycles. The summed E-state index contributed by atoms with van der Waals surface area (Å²) >= 11 is 0. The van der Waals surface area contributed by atoms with Crippen LogP contribution in [0.15, 0.2) is 24.3 Å². The second kappa shape index (κ2) is 8.92. The van der Waals surface area contributed by atoms with Crippen LogP contribution < -0.4 is 10.2 Å². The van der Waals surface area contributed by atoms with Gasteiger partial charge in [0.25, 0.3) is 0 Å². The Morgan fingerprint density at radius 1 is 1.11 bits per heavy atom. The highest BCUT2D eigenvalue weighted by molar-refractivity contribution is 5.46. The predicted molar refractivity (Wildman–Crippen MR) is 81.3 cm³/mol. The van der Waals surface area contributed by atoms with Crippen molar-refractivity contribution in [3.8, 4) is 0 Å². The number of hydrogen-bond acceptors (Lipinski definition) is 2. The molecule has 0 radical (unpaired) electrons. The van der Waals surface area contributed by atoms with Gasteiger partial charge in [-0.3, -0.25) is 0 Å². The molecule has 0 saturated carbocycles. The molecule has 0 saturated heterocycles. The Kier molecular flexibility index (Phi) is 7.49. The summed E-state index contributed by atoms with van der Waals surface area (Å²) in [7, 11) is 1.96. The van der Waals surface area contributed by atoms with Crippen LogP contribution in [0, 0.1) is 5.82 Å². The Labute approximate surface area is 117 Å². The highest BCUT2D eigenvalue weighted by Crippen LogP contribution is 2.17. The minimum absolute atomic E-state index is 0.133. The summed E-state index contributed by atoms with van der Waals surface area (Å²) in [6, 6.07) is 7.54. The van der Waals surface area contributed by atoms with Crippen LogP contribution in [-0.2, 0) is 0 Å². The predicted octanol–water partition coefficient (Wildman–Crippen LogP) is 3.82. The molecule has 0 amide bonds. The Hall–Kier alpha value is -1.09. The zero-order chi connectivity index (χ0) is 14.1. The third kappa shape index (κ3) is 6.58. The largest absolute Gasteiger partial charge is 0.372 e. The van der Waals surface area contributed by atoms with Crippen LogP contribution in [0.4, 0.5) is 10.1 Å². The first-order chi connectivity index (χ1) is 9.11. The number of anilines is 1. The molecule has 0 unspecified atom stereocenters. The number of hydrogen-bond donors (Lipinski definition) is 1. The fourth-order valence-electron chi connectivity index (χ4n) is 2.10. The van der Waals surface area contributed by atoms with Crippen molar-refractivity contribution in [1.82, 2.24) is 5.32 Å². The molecule has 0 bridgehead atoms. The van der Waals surface area contributed by atoms with Gasteiger partial charge in [0, 0.05) is 19.6 Å². The zero-order valence-corrected chi connectivity index (χ0v) is 12.5. The summed E-state index contributed by atoms with van der Waals surface area (Å²) in [6.07, 6.45) is 4.79. The summed E-state index contributed by atoms with van der Waals surface area (Å²) in [5.41, 5.74) is 0.698. The first-order valence-electron chi connectivity index (χ1n) is 7.30. The van der Waals surface area contributed by atoms with E-state index >= 15 is 0 Å². The standard InChI is InChI=1S/C16H27FN2/c1-14(2)18-12-8-4-5-9-13-19(3)16-11-7-6-10-15(16)17/h6-7,10-11,14,18H,4-5,8-9,12-13H2,1-3H3. The monoisotopic (exact) mass is 266 g/mol. The van der Waals surface area contributed by atoms with E-state index in [1.165, 1.54) is 25.3 Å². The minimum Gasteiger partial charge on any atom is -0.372 e. The average Bonchev–Trinajstić information content (AvgIpc) is 2.37. The van der Waals surface area contributed by atoms with E-state index < -0.39 is 0 Å². The van der Waals surface area contributed by atoms with Gasteiger partial charge in [-0.25, -0.2) is 4.39 Å². The Morgan fingerprint density at radius 3 is 2.47 bits per heavy atom. The van der Waals surface area contributed by atoms with Gasteiger partial charge in [0.2, 0.25) is 0 Å². The second-order valence-electron chi connectivity index (χ2n) is 5.40. The highest BCUT2D eigenvalue weighted by atomic mass is 19.1. The normalized spacial score (nSPS) is 11.0. The average molecular weight is 266 g/mol. The molecule has 0 aliphatic heterocycles. The van der Waals surface area contributed by atoms with Gasteiger partial charge in [-0.05, 0) is 31.5 Å². The summed E-state index contributed by atoms with van der Waals surface area (Å²) in [4.78, 5) is 2.00. The summed E-state index contributed by atoms with van der Waals surface area (Å²) in [5, 5.41) is 3.42. The molecule has 1 aromatic rings. The van der Waals surface area contributed by atoms with Crippen molar-refractivity contribution < 1.29 is 4.39 Å². The van der Waals surface area contributed by atoms with Gasteiger partial charge >= 0.3 is 0 Å². The van der Waals surface area contributed by atoms with E-state index in [9.17, 15) is 4.39 Å². The van der Waals surface area contributed by atoms with Gasteiger partial charge in [-0.15, -0.1) is 0 Å². The second-order valence-corrected chi connectivity index (χ2v) is 5.40. The van der Waals surface area contributed by atoms with Crippen molar-refractivity contribution >= 4 is 5.69 Å². The molecular formula is C16H27FN2. The summed E-state index contributed by atoms with van der Waals surface area (Å²) < 4.78 is 13.5. The van der Waals surface area contributed by atoms with Crippen molar-refractivity contribution in [2.45, 2.75) is 45.6 Å². The molecule has 3 heteroatoms. The molecule has 19 heavy (non-hydrogen) atoms. The number of nitrogens with one attached hydrogen (secondary N) is 1.